The predicted molar refractivity (Wildman–Crippen MR) is 103 cm³/mol. The van der Waals surface area contributed by atoms with Crippen LogP contribution in [-0.4, -0.2) is 40.7 Å². The first-order valence-electron chi connectivity index (χ1n) is 8.74. The Morgan fingerprint density at radius 1 is 1.30 bits per heavy atom. The molecule has 3 heterocycles. The van der Waals surface area contributed by atoms with Crippen molar-refractivity contribution in [2.75, 3.05) is 18.6 Å². The molecule has 0 aliphatic carbocycles. The second-order valence-electron chi connectivity index (χ2n) is 6.57. The van der Waals surface area contributed by atoms with Gasteiger partial charge in [-0.05, 0) is 24.3 Å². The zero-order valence-electron chi connectivity index (χ0n) is 14.7. The van der Waals surface area contributed by atoms with E-state index in [0.717, 1.165) is 11.0 Å². The summed E-state index contributed by atoms with van der Waals surface area (Å²) in [7, 11) is 1.60. The van der Waals surface area contributed by atoms with Crippen molar-refractivity contribution < 1.29 is 14.6 Å². The average molecular weight is 362 g/mol. The first-order valence-corrected chi connectivity index (χ1v) is 8.74. The zero-order chi connectivity index (χ0) is 18.5. The van der Waals surface area contributed by atoms with Crippen LogP contribution in [0.15, 0.2) is 48.2 Å². The Morgan fingerprint density at radius 3 is 2.96 bits per heavy atom. The largest absolute Gasteiger partial charge is 0.509 e. The molecule has 136 valence electrons. The third-order valence-electron chi connectivity index (χ3n) is 5.06. The lowest BCUT2D eigenvalue weighted by atomic mass is 10.1. The van der Waals surface area contributed by atoms with Crippen molar-refractivity contribution in [2.45, 2.75) is 12.5 Å². The average Bonchev–Trinajstić information content (AvgIpc) is 3.13. The molecule has 27 heavy (non-hydrogen) atoms. The zero-order valence-corrected chi connectivity index (χ0v) is 14.7. The number of hydrogen-bond acceptors (Lipinski definition) is 5. The normalized spacial score (nSPS) is 18.9. The van der Waals surface area contributed by atoms with Gasteiger partial charge in [-0.15, -0.1) is 0 Å². The lowest BCUT2D eigenvalue weighted by Gasteiger charge is -2.25. The molecule has 0 saturated heterocycles. The summed E-state index contributed by atoms with van der Waals surface area (Å²) in [5, 5.41) is 19.7. The predicted octanol–water partition coefficient (Wildman–Crippen LogP) is 3.49. The van der Waals surface area contributed by atoms with Crippen LogP contribution >= 0.6 is 0 Å². The molecule has 1 atom stereocenters. The highest BCUT2D eigenvalue weighted by Gasteiger charge is 2.42. The van der Waals surface area contributed by atoms with Crippen LogP contribution in [0.2, 0.25) is 0 Å². The van der Waals surface area contributed by atoms with Crippen molar-refractivity contribution in [3.05, 3.63) is 54.0 Å². The smallest absolute Gasteiger partial charge is 0.145 e. The molecule has 0 bridgehead atoms. The number of imidazole rings is 1. The number of benzene rings is 2. The van der Waals surface area contributed by atoms with E-state index in [9.17, 15) is 5.11 Å². The molecule has 3 aromatic rings. The number of aromatic nitrogens is 2. The summed E-state index contributed by atoms with van der Waals surface area (Å²) < 4.78 is 11.2. The van der Waals surface area contributed by atoms with Crippen molar-refractivity contribution in [3.63, 3.8) is 0 Å². The Hall–Kier alpha value is -3.48. The number of amidine groups is 1. The van der Waals surface area contributed by atoms with Crippen LogP contribution in [0.3, 0.4) is 0 Å². The minimum atomic E-state index is -0.367. The van der Waals surface area contributed by atoms with E-state index in [1.165, 1.54) is 0 Å². The molecule has 1 aromatic heterocycles. The molecule has 0 radical (unpaired) electrons. The summed E-state index contributed by atoms with van der Waals surface area (Å²) >= 11 is 0. The van der Waals surface area contributed by atoms with E-state index in [1.54, 1.807) is 12.0 Å². The quantitative estimate of drug-likeness (QED) is 0.649. The molecule has 2 aliphatic heterocycles. The Morgan fingerprint density at radius 2 is 2.15 bits per heavy atom. The van der Waals surface area contributed by atoms with Gasteiger partial charge in [0.1, 0.15) is 28.9 Å². The number of nitrogens with zero attached hydrogens (tertiary/aromatic N) is 2. The van der Waals surface area contributed by atoms with E-state index in [-0.39, 0.29) is 17.6 Å². The molecule has 7 nitrogen and oxygen atoms in total. The topological polar surface area (TPSA) is 94.5 Å². The summed E-state index contributed by atoms with van der Waals surface area (Å²) in [5.74, 6) is 2.16. The second kappa shape index (κ2) is 5.77. The number of fused-ring (bicyclic) bond motifs is 4. The highest BCUT2D eigenvalue weighted by Crippen LogP contribution is 2.43. The van der Waals surface area contributed by atoms with Crippen LogP contribution in [0.5, 0.6) is 11.5 Å². The molecule has 2 aliphatic rings. The summed E-state index contributed by atoms with van der Waals surface area (Å²) in [6.07, 6.45) is 0.564. The molecule has 0 saturated carbocycles. The van der Waals surface area contributed by atoms with E-state index in [4.69, 9.17) is 14.9 Å². The minimum Gasteiger partial charge on any atom is -0.509 e. The van der Waals surface area contributed by atoms with Crippen molar-refractivity contribution in [2.24, 2.45) is 0 Å². The number of aromatic amines is 1. The van der Waals surface area contributed by atoms with Gasteiger partial charge in [-0.3, -0.25) is 5.41 Å². The summed E-state index contributed by atoms with van der Waals surface area (Å²) in [6.45, 7) is 0.450. The molecule has 0 spiro atoms. The number of ether oxygens (including phenoxy) is 2. The number of H-pyrrole nitrogens is 1. The maximum absolute atomic E-state index is 11.0. The molecular formula is C20H18N4O3. The summed E-state index contributed by atoms with van der Waals surface area (Å²) in [6, 6.07) is 12.8. The number of para-hydroxylation sites is 2. The second-order valence-corrected chi connectivity index (χ2v) is 6.57. The van der Waals surface area contributed by atoms with Gasteiger partial charge in [0.05, 0.1) is 42.1 Å². The molecule has 5 rings (SSSR count). The summed E-state index contributed by atoms with van der Waals surface area (Å²) in [4.78, 5) is 9.58. The third-order valence-corrected chi connectivity index (χ3v) is 5.06. The van der Waals surface area contributed by atoms with Gasteiger partial charge >= 0.3 is 0 Å². The highest BCUT2D eigenvalue weighted by molar-refractivity contribution is 6.31. The Labute approximate surface area is 155 Å². The molecule has 7 heteroatoms. The van der Waals surface area contributed by atoms with Crippen LogP contribution in [0.4, 0.5) is 5.69 Å². The van der Waals surface area contributed by atoms with Crippen molar-refractivity contribution >= 4 is 28.1 Å². The van der Waals surface area contributed by atoms with E-state index < -0.39 is 0 Å². The standard InChI is InChI=1S/C20H18N4O3/c1-26-11-6-7-16-15(10-11)24-14(8-9-27-16)18(25)17(19(24)21)20-22-12-4-2-3-5-13(12)23-20/h2-7,10,14,21,25H,8-9H2,1H3,(H,22,23)/t14-/m1/s1. The number of nitrogens with one attached hydrogen (secondary N) is 2. The van der Waals surface area contributed by atoms with Crippen LogP contribution in [0.1, 0.15) is 12.2 Å². The Kier molecular flexibility index (Phi) is 3.36. The number of methoxy groups -OCH3 is 1. The van der Waals surface area contributed by atoms with Gasteiger partial charge in [-0.25, -0.2) is 4.98 Å². The van der Waals surface area contributed by atoms with Gasteiger partial charge in [0.15, 0.2) is 0 Å². The van der Waals surface area contributed by atoms with Crippen molar-refractivity contribution in [1.29, 1.82) is 5.41 Å². The minimum absolute atomic E-state index is 0.137. The number of hydrogen-bond donors (Lipinski definition) is 3. The lowest BCUT2D eigenvalue weighted by Crippen LogP contribution is -2.35. The maximum Gasteiger partial charge on any atom is 0.145 e. The monoisotopic (exact) mass is 362 g/mol. The molecule has 2 aromatic carbocycles. The lowest BCUT2D eigenvalue weighted by molar-refractivity contribution is 0.296. The number of rotatable bonds is 2. The van der Waals surface area contributed by atoms with Crippen LogP contribution in [-0.2, 0) is 0 Å². The highest BCUT2D eigenvalue weighted by atomic mass is 16.5. The molecule has 0 amide bonds. The molecule has 3 N–H and O–H groups in total. The van der Waals surface area contributed by atoms with Crippen molar-refractivity contribution in [1.82, 2.24) is 9.97 Å². The van der Waals surface area contributed by atoms with Gasteiger partial charge in [0, 0.05) is 12.5 Å². The van der Waals surface area contributed by atoms with E-state index in [2.05, 4.69) is 9.97 Å². The fourth-order valence-corrected chi connectivity index (χ4v) is 3.76. The Bertz CT molecular complexity index is 1070. The maximum atomic E-state index is 11.0. The first kappa shape index (κ1) is 15.7. The summed E-state index contributed by atoms with van der Waals surface area (Å²) in [5.41, 5.74) is 2.80. The fourth-order valence-electron chi connectivity index (χ4n) is 3.76. The van der Waals surface area contributed by atoms with Crippen LogP contribution in [0, 0.1) is 5.41 Å². The number of anilines is 1. The third kappa shape index (κ3) is 2.28. The van der Waals surface area contributed by atoms with E-state index >= 15 is 0 Å². The van der Waals surface area contributed by atoms with Gasteiger partial charge in [0.2, 0.25) is 0 Å². The first-order chi connectivity index (χ1) is 13.2. The number of aliphatic hydroxyl groups excluding tert-OH is 1. The van der Waals surface area contributed by atoms with Crippen LogP contribution in [0.25, 0.3) is 16.6 Å². The Balaban J connectivity index is 1.64. The van der Waals surface area contributed by atoms with E-state index in [0.29, 0.717) is 41.6 Å². The molecule has 0 fully saturated rings. The van der Waals surface area contributed by atoms with Crippen molar-refractivity contribution in [3.8, 4) is 11.5 Å². The van der Waals surface area contributed by atoms with Gasteiger partial charge in [-0.2, -0.15) is 0 Å². The van der Waals surface area contributed by atoms with Gasteiger partial charge in [0.25, 0.3) is 0 Å². The molecular weight excluding hydrogens is 344 g/mol. The van der Waals surface area contributed by atoms with Gasteiger partial charge in [-0.1, -0.05) is 12.1 Å². The molecule has 0 unspecified atom stereocenters. The van der Waals surface area contributed by atoms with E-state index in [1.807, 2.05) is 42.5 Å². The van der Waals surface area contributed by atoms with Crippen LogP contribution < -0.4 is 14.4 Å². The SMILES string of the molecule is COc1ccc2c(c1)N1C(=N)C(c3nc4ccccc4[nH]3)=C(O)[C@H]1CCO2. The van der Waals surface area contributed by atoms with Gasteiger partial charge < -0.3 is 24.5 Å². The fraction of sp³-hybridized carbons (Fsp3) is 0.200. The number of aliphatic hydroxyl groups is 1.